The number of phenols is 1. The Kier molecular flexibility index (Phi) is 1.89. The fraction of sp³-hybridized carbons (Fsp3) is 0.333. The zero-order chi connectivity index (χ0) is 10.3. The van der Waals surface area contributed by atoms with Crippen LogP contribution in [0, 0.1) is 10.1 Å². The number of hydrogen-bond donors (Lipinski definition) is 2. The molecule has 74 valence electrons. The SMILES string of the molecule is N[C@@H]1CCc2c1cc(O)cc2[N+](=O)[O-]. The van der Waals surface area contributed by atoms with Crippen LogP contribution in [-0.4, -0.2) is 10.0 Å². The molecule has 0 aliphatic heterocycles. The quantitative estimate of drug-likeness (QED) is 0.520. The van der Waals surface area contributed by atoms with E-state index in [9.17, 15) is 15.2 Å². The normalized spacial score (nSPS) is 19.4. The standard InChI is InChI=1S/C9H10N2O3/c10-8-2-1-6-7(8)3-5(12)4-9(6)11(13)14/h3-4,8,12H,1-2,10H2/t8-/m1/s1. The van der Waals surface area contributed by atoms with E-state index in [1.807, 2.05) is 0 Å². The zero-order valence-corrected chi connectivity index (χ0v) is 7.43. The van der Waals surface area contributed by atoms with Crippen molar-refractivity contribution in [2.45, 2.75) is 18.9 Å². The molecule has 0 amide bonds. The monoisotopic (exact) mass is 194 g/mol. The van der Waals surface area contributed by atoms with Gasteiger partial charge in [0.1, 0.15) is 5.75 Å². The van der Waals surface area contributed by atoms with Gasteiger partial charge >= 0.3 is 0 Å². The lowest BCUT2D eigenvalue weighted by molar-refractivity contribution is -0.385. The Hall–Kier alpha value is -1.62. The van der Waals surface area contributed by atoms with Crippen molar-refractivity contribution in [3.63, 3.8) is 0 Å². The molecule has 0 bridgehead atoms. The predicted octanol–water partition coefficient (Wildman–Crippen LogP) is 1.25. The van der Waals surface area contributed by atoms with Gasteiger partial charge in [-0.3, -0.25) is 10.1 Å². The fourth-order valence-electron chi connectivity index (χ4n) is 1.88. The van der Waals surface area contributed by atoms with Crippen LogP contribution in [0.1, 0.15) is 23.6 Å². The largest absolute Gasteiger partial charge is 0.508 e. The van der Waals surface area contributed by atoms with Gasteiger partial charge in [0.25, 0.3) is 5.69 Å². The molecule has 14 heavy (non-hydrogen) atoms. The van der Waals surface area contributed by atoms with E-state index in [0.717, 1.165) is 0 Å². The van der Waals surface area contributed by atoms with Crippen molar-refractivity contribution in [1.29, 1.82) is 0 Å². The van der Waals surface area contributed by atoms with E-state index in [2.05, 4.69) is 0 Å². The maximum absolute atomic E-state index is 10.7. The van der Waals surface area contributed by atoms with Crippen molar-refractivity contribution in [3.8, 4) is 5.75 Å². The highest BCUT2D eigenvalue weighted by atomic mass is 16.6. The van der Waals surface area contributed by atoms with Gasteiger partial charge in [-0.2, -0.15) is 0 Å². The minimum absolute atomic E-state index is 0.0204. The van der Waals surface area contributed by atoms with Crippen molar-refractivity contribution in [2.75, 3.05) is 0 Å². The second kappa shape index (κ2) is 2.95. The first kappa shape index (κ1) is 8.96. The highest BCUT2D eigenvalue weighted by molar-refractivity contribution is 5.53. The van der Waals surface area contributed by atoms with E-state index in [-0.39, 0.29) is 17.5 Å². The molecule has 0 saturated carbocycles. The van der Waals surface area contributed by atoms with Crippen LogP contribution >= 0.6 is 0 Å². The Morgan fingerprint density at radius 3 is 2.93 bits per heavy atom. The summed E-state index contributed by atoms with van der Waals surface area (Å²) < 4.78 is 0. The number of fused-ring (bicyclic) bond motifs is 1. The lowest BCUT2D eigenvalue weighted by Gasteiger charge is -2.05. The molecule has 2 rings (SSSR count). The summed E-state index contributed by atoms with van der Waals surface area (Å²) in [5.74, 6) is -0.0900. The van der Waals surface area contributed by atoms with E-state index in [1.165, 1.54) is 12.1 Å². The average molecular weight is 194 g/mol. The van der Waals surface area contributed by atoms with Crippen LogP contribution in [0.4, 0.5) is 5.69 Å². The molecule has 0 spiro atoms. The Morgan fingerprint density at radius 2 is 2.29 bits per heavy atom. The molecule has 0 radical (unpaired) electrons. The number of nitro groups is 1. The molecule has 5 nitrogen and oxygen atoms in total. The van der Waals surface area contributed by atoms with E-state index >= 15 is 0 Å². The Balaban J connectivity index is 2.63. The number of nitrogens with zero attached hydrogens (tertiary/aromatic N) is 1. The van der Waals surface area contributed by atoms with Gasteiger partial charge in [0.15, 0.2) is 0 Å². The predicted molar refractivity (Wildman–Crippen MR) is 50.0 cm³/mol. The molecule has 0 saturated heterocycles. The first-order valence-corrected chi connectivity index (χ1v) is 4.35. The number of nitro benzene ring substituents is 1. The van der Waals surface area contributed by atoms with Crippen LogP contribution in [0.15, 0.2) is 12.1 Å². The smallest absolute Gasteiger partial charge is 0.276 e. The summed E-state index contributed by atoms with van der Waals surface area (Å²) in [5.41, 5.74) is 7.10. The van der Waals surface area contributed by atoms with Crippen LogP contribution in [0.5, 0.6) is 5.75 Å². The van der Waals surface area contributed by atoms with Crippen molar-refractivity contribution >= 4 is 5.69 Å². The fourth-order valence-corrected chi connectivity index (χ4v) is 1.88. The zero-order valence-electron chi connectivity index (χ0n) is 7.43. The van der Waals surface area contributed by atoms with Crippen molar-refractivity contribution < 1.29 is 10.0 Å². The first-order valence-electron chi connectivity index (χ1n) is 4.35. The maximum atomic E-state index is 10.7. The van der Waals surface area contributed by atoms with E-state index in [0.29, 0.717) is 24.0 Å². The topological polar surface area (TPSA) is 89.4 Å². The molecule has 0 fully saturated rings. The van der Waals surface area contributed by atoms with Gasteiger partial charge in [0, 0.05) is 11.6 Å². The minimum atomic E-state index is -0.476. The molecule has 1 aliphatic carbocycles. The van der Waals surface area contributed by atoms with Crippen LogP contribution in [0.3, 0.4) is 0 Å². The van der Waals surface area contributed by atoms with E-state index < -0.39 is 4.92 Å². The summed E-state index contributed by atoms with van der Waals surface area (Å²) in [6.07, 6.45) is 1.33. The molecule has 1 atom stereocenters. The number of aromatic hydroxyl groups is 1. The number of hydrogen-bond acceptors (Lipinski definition) is 4. The Morgan fingerprint density at radius 1 is 1.57 bits per heavy atom. The lowest BCUT2D eigenvalue weighted by atomic mass is 10.1. The second-order valence-electron chi connectivity index (χ2n) is 3.43. The molecule has 3 N–H and O–H groups in total. The molecular formula is C9H10N2O3. The van der Waals surface area contributed by atoms with Crippen molar-refractivity contribution in [3.05, 3.63) is 33.4 Å². The molecule has 0 unspecified atom stereocenters. The summed E-state index contributed by atoms with van der Waals surface area (Å²) in [7, 11) is 0. The van der Waals surface area contributed by atoms with Crippen LogP contribution in [0.2, 0.25) is 0 Å². The van der Waals surface area contributed by atoms with E-state index in [1.54, 1.807) is 0 Å². The third kappa shape index (κ3) is 1.22. The van der Waals surface area contributed by atoms with Gasteiger partial charge in [-0.15, -0.1) is 0 Å². The lowest BCUT2D eigenvalue weighted by Crippen LogP contribution is -2.05. The van der Waals surface area contributed by atoms with Crippen LogP contribution < -0.4 is 5.73 Å². The summed E-state index contributed by atoms with van der Waals surface area (Å²) in [5, 5.41) is 20.0. The average Bonchev–Trinajstić information content (AvgIpc) is 2.47. The summed E-state index contributed by atoms with van der Waals surface area (Å²) in [6.45, 7) is 0. The Labute approximate surface area is 80.3 Å². The summed E-state index contributed by atoms with van der Waals surface area (Å²) >= 11 is 0. The van der Waals surface area contributed by atoms with Crippen molar-refractivity contribution in [2.24, 2.45) is 5.73 Å². The molecule has 1 aromatic carbocycles. The maximum Gasteiger partial charge on any atom is 0.276 e. The minimum Gasteiger partial charge on any atom is -0.508 e. The molecule has 0 aromatic heterocycles. The third-order valence-corrected chi connectivity index (χ3v) is 2.55. The summed E-state index contributed by atoms with van der Waals surface area (Å²) in [4.78, 5) is 10.2. The third-order valence-electron chi connectivity index (χ3n) is 2.55. The molecule has 1 aliphatic rings. The van der Waals surface area contributed by atoms with Crippen LogP contribution in [0.25, 0.3) is 0 Å². The molecule has 0 heterocycles. The Bertz CT molecular complexity index is 403. The van der Waals surface area contributed by atoms with Gasteiger partial charge in [-0.05, 0) is 24.5 Å². The molecular weight excluding hydrogens is 184 g/mol. The first-order chi connectivity index (χ1) is 6.59. The molecule has 1 aromatic rings. The van der Waals surface area contributed by atoms with Gasteiger partial charge in [-0.25, -0.2) is 0 Å². The van der Waals surface area contributed by atoms with Gasteiger partial charge in [0.05, 0.1) is 11.0 Å². The number of benzene rings is 1. The summed E-state index contributed by atoms with van der Waals surface area (Å²) in [6, 6.07) is 2.51. The van der Waals surface area contributed by atoms with Gasteiger partial charge in [-0.1, -0.05) is 0 Å². The van der Waals surface area contributed by atoms with Gasteiger partial charge in [0.2, 0.25) is 0 Å². The highest BCUT2D eigenvalue weighted by Gasteiger charge is 2.27. The molecule has 5 heteroatoms. The second-order valence-corrected chi connectivity index (χ2v) is 3.43. The number of phenolic OH excluding ortho intramolecular Hbond substituents is 1. The number of rotatable bonds is 1. The number of nitrogens with two attached hydrogens (primary N) is 1. The van der Waals surface area contributed by atoms with Crippen molar-refractivity contribution in [1.82, 2.24) is 0 Å². The van der Waals surface area contributed by atoms with Gasteiger partial charge < -0.3 is 10.8 Å². The van der Waals surface area contributed by atoms with Crippen LogP contribution in [-0.2, 0) is 6.42 Å². The highest BCUT2D eigenvalue weighted by Crippen LogP contribution is 2.38. The van der Waals surface area contributed by atoms with E-state index in [4.69, 9.17) is 5.73 Å².